The summed E-state index contributed by atoms with van der Waals surface area (Å²) in [5, 5.41) is 22.7. The number of hydrogen-bond acceptors (Lipinski definition) is 13. The van der Waals surface area contributed by atoms with Crippen LogP contribution < -0.4 is 9.47 Å². The molecule has 1 aliphatic heterocycles. The topological polar surface area (TPSA) is 177 Å². The van der Waals surface area contributed by atoms with E-state index >= 15 is 0 Å². The number of methoxy groups -OCH3 is 1. The zero-order valence-electron chi connectivity index (χ0n) is 26.3. The lowest BCUT2D eigenvalue weighted by Gasteiger charge is -2.49. The SMILES string of the molecule is COc1ccc(Cc2cc([C@@]3(O)O[C@H](COC(C)=O)[C@@H](OC(C)=O)[C@H](OC(C)=O)[C@H]3OC(C)=O)c(OC3CCC3)cc2C#N)cc1. The number of ether oxygens (including phenoxy) is 7. The largest absolute Gasteiger partial charge is 0.497 e. The minimum absolute atomic E-state index is 0.0422. The van der Waals surface area contributed by atoms with Gasteiger partial charge in [-0.2, -0.15) is 5.26 Å². The third kappa shape index (κ3) is 7.94. The number of hydrogen-bond donors (Lipinski definition) is 1. The van der Waals surface area contributed by atoms with Gasteiger partial charge in [0.15, 0.2) is 12.2 Å². The van der Waals surface area contributed by atoms with Gasteiger partial charge in [0.2, 0.25) is 11.9 Å². The number of esters is 4. The molecule has 4 rings (SSSR count). The van der Waals surface area contributed by atoms with Gasteiger partial charge in [0.05, 0.1) is 30.4 Å². The van der Waals surface area contributed by atoms with Gasteiger partial charge in [-0.15, -0.1) is 0 Å². The van der Waals surface area contributed by atoms with Crippen molar-refractivity contribution in [3.63, 3.8) is 0 Å². The third-order valence-electron chi connectivity index (χ3n) is 7.66. The standard InChI is InChI=1S/C33H37NO12/c1-18(35)41-17-29-30(42-19(2)36)31(43-20(3)37)32(44-21(4)38)33(39,46-29)27-14-23(13-22-9-11-25(40-5)12-10-22)24(16-34)15-28(27)45-26-7-6-8-26/h9-12,14-15,26,29-32,39H,6-8,13,17H2,1-5H3/t29-,30-,31+,32-,33-/m1/s1. The second kappa shape index (κ2) is 14.6. The van der Waals surface area contributed by atoms with Crippen molar-refractivity contribution in [2.24, 2.45) is 0 Å². The molecule has 1 aliphatic carbocycles. The summed E-state index contributed by atoms with van der Waals surface area (Å²) in [6.45, 7) is 3.89. The molecule has 1 saturated heterocycles. The molecule has 1 N–H and O–H groups in total. The van der Waals surface area contributed by atoms with E-state index in [9.17, 15) is 29.5 Å². The van der Waals surface area contributed by atoms with Gasteiger partial charge in [0.1, 0.15) is 24.2 Å². The second-order valence-corrected chi connectivity index (χ2v) is 11.1. The monoisotopic (exact) mass is 639 g/mol. The van der Waals surface area contributed by atoms with Crippen LogP contribution in [-0.2, 0) is 55.1 Å². The predicted molar refractivity (Wildman–Crippen MR) is 157 cm³/mol. The molecule has 2 aliphatic rings. The summed E-state index contributed by atoms with van der Waals surface area (Å²) < 4.78 is 39.4. The summed E-state index contributed by atoms with van der Waals surface area (Å²) in [6, 6.07) is 12.3. The van der Waals surface area contributed by atoms with Crippen LogP contribution in [0.1, 0.15) is 69.2 Å². The first kappa shape index (κ1) is 34.2. The third-order valence-corrected chi connectivity index (χ3v) is 7.66. The number of benzene rings is 2. The van der Waals surface area contributed by atoms with Gasteiger partial charge in [-0.05, 0) is 61.1 Å². The van der Waals surface area contributed by atoms with Crippen molar-refractivity contribution in [3.05, 3.63) is 58.7 Å². The van der Waals surface area contributed by atoms with Crippen LogP contribution in [0.2, 0.25) is 0 Å². The highest BCUT2D eigenvalue weighted by Gasteiger charge is 2.61. The van der Waals surface area contributed by atoms with Crippen LogP contribution in [0.4, 0.5) is 0 Å². The molecule has 1 saturated carbocycles. The maximum atomic E-state index is 12.6. The Morgan fingerprint density at radius 2 is 1.57 bits per heavy atom. The summed E-state index contributed by atoms with van der Waals surface area (Å²) in [5.41, 5.74) is 1.48. The lowest BCUT2D eigenvalue weighted by atomic mass is 9.85. The van der Waals surface area contributed by atoms with Gasteiger partial charge in [-0.1, -0.05) is 12.1 Å². The van der Waals surface area contributed by atoms with E-state index in [1.807, 2.05) is 12.1 Å². The quantitative estimate of drug-likeness (QED) is 0.281. The van der Waals surface area contributed by atoms with Crippen molar-refractivity contribution in [1.82, 2.24) is 0 Å². The van der Waals surface area contributed by atoms with Gasteiger partial charge in [-0.25, -0.2) is 0 Å². The zero-order valence-corrected chi connectivity index (χ0v) is 26.3. The van der Waals surface area contributed by atoms with Crippen LogP contribution in [0.15, 0.2) is 36.4 Å². The Labute approximate surface area is 266 Å². The minimum atomic E-state index is -2.63. The average molecular weight is 640 g/mol. The molecule has 2 aromatic rings. The van der Waals surface area contributed by atoms with Crippen molar-refractivity contribution < 1.29 is 57.4 Å². The zero-order chi connectivity index (χ0) is 33.6. The van der Waals surface area contributed by atoms with Crippen molar-refractivity contribution in [1.29, 1.82) is 5.26 Å². The van der Waals surface area contributed by atoms with Gasteiger partial charge in [0, 0.05) is 27.7 Å². The molecule has 0 unspecified atom stereocenters. The van der Waals surface area contributed by atoms with Gasteiger partial charge in [0.25, 0.3) is 0 Å². The Hall–Kier alpha value is -4.67. The van der Waals surface area contributed by atoms with Gasteiger partial charge < -0.3 is 38.3 Å². The highest BCUT2D eigenvalue weighted by Crippen LogP contribution is 2.46. The molecule has 2 fully saturated rings. The summed E-state index contributed by atoms with van der Waals surface area (Å²) in [5.74, 6) is -5.15. The predicted octanol–water partition coefficient (Wildman–Crippen LogP) is 2.99. The molecule has 46 heavy (non-hydrogen) atoms. The molecule has 2 aromatic carbocycles. The van der Waals surface area contributed by atoms with E-state index in [4.69, 9.17) is 33.2 Å². The number of rotatable bonds is 11. The Balaban J connectivity index is 1.93. The van der Waals surface area contributed by atoms with E-state index in [1.54, 1.807) is 19.2 Å². The summed E-state index contributed by atoms with van der Waals surface area (Å²) in [4.78, 5) is 48.8. The van der Waals surface area contributed by atoms with E-state index in [1.165, 1.54) is 12.1 Å². The Bertz CT molecular complexity index is 1500. The molecule has 0 bridgehead atoms. The fourth-order valence-electron chi connectivity index (χ4n) is 5.38. The van der Waals surface area contributed by atoms with Crippen molar-refractivity contribution in [2.75, 3.05) is 13.7 Å². The Kier molecular flexibility index (Phi) is 10.9. The highest BCUT2D eigenvalue weighted by atomic mass is 16.7. The molecular weight excluding hydrogens is 602 g/mol. The molecule has 1 heterocycles. The van der Waals surface area contributed by atoms with Crippen LogP contribution in [0.3, 0.4) is 0 Å². The number of nitriles is 1. The maximum Gasteiger partial charge on any atom is 0.303 e. The normalized spacial score (nSPS) is 24.0. The highest BCUT2D eigenvalue weighted by molar-refractivity contribution is 5.69. The first-order chi connectivity index (χ1) is 21.8. The van der Waals surface area contributed by atoms with E-state index in [0.29, 0.717) is 11.3 Å². The average Bonchev–Trinajstić information content (AvgIpc) is 2.97. The Morgan fingerprint density at radius 3 is 2.09 bits per heavy atom. The van der Waals surface area contributed by atoms with E-state index < -0.39 is 60.7 Å². The van der Waals surface area contributed by atoms with Crippen LogP contribution in [0, 0.1) is 11.3 Å². The van der Waals surface area contributed by atoms with Gasteiger partial charge >= 0.3 is 23.9 Å². The summed E-state index contributed by atoms with van der Waals surface area (Å²) in [7, 11) is 1.55. The molecule has 0 aromatic heterocycles. The molecule has 0 spiro atoms. The molecule has 0 amide bonds. The van der Waals surface area contributed by atoms with Crippen LogP contribution in [0.5, 0.6) is 11.5 Å². The van der Waals surface area contributed by atoms with Crippen molar-refractivity contribution >= 4 is 23.9 Å². The fraction of sp³-hybridized carbons (Fsp3) is 0.485. The van der Waals surface area contributed by atoms with E-state index in [-0.39, 0.29) is 29.4 Å². The molecule has 0 radical (unpaired) electrons. The smallest absolute Gasteiger partial charge is 0.303 e. The molecule has 13 heteroatoms. The van der Waals surface area contributed by atoms with Crippen LogP contribution >= 0.6 is 0 Å². The van der Waals surface area contributed by atoms with Crippen LogP contribution in [0.25, 0.3) is 0 Å². The summed E-state index contributed by atoms with van der Waals surface area (Å²) in [6.07, 6.45) is -3.95. The minimum Gasteiger partial charge on any atom is -0.497 e. The molecule has 13 nitrogen and oxygen atoms in total. The maximum absolute atomic E-state index is 12.6. The molecule has 5 atom stereocenters. The van der Waals surface area contributed by atoms with Crippen molar-refractivity contribution in [2.45, 2.75) is 89.7 Å². The molecular formula is C33H37NO12. The molecule has 246 valence electrons. The first-order valence-corrected chi connectivity index (χ1v) is 14.8. The lowest BCUT2D eigenvalue weighted by molar-refractivity contribution is -0.360. The Morgan fingerprint density at radius 1 is 0.935 bits per heavy atom. The lowest BCUT2D eigenvalue weighted by Crippen LogP contribution is -2.66. The number of nitrogens with zero attached hydrogens (tertiary/aromatic N) is 1. The summed E-state index contributed by atoms with van der Waals surface area (Å²) >= 11 is 0. The van der Waals surface area contributed by atoms with E-state index in [2.05, 4.69) is 6.07 Å². The van der Waals surface area contributed by atoms with Gasteiger partial charge in [-0.3, -0.25) is 19.2 Å². The van der Waals surface area contributed by atoms with Crippen LogP contribution in [-0.4, -0.2) is 73.2 Å². The van der Waals surface area contributed by atoms with E-state index in [0.717, 1.165) is 52.5 Å². The first-order valence-electron chi connectivity index (χ1n) is 14.8. The number of carbonyl (C=O) groups excluding carboxylic acids is 4. The number of carbonyl (C=O) groups is 4. The second-order valence-electron chi connectivity index (χ2n) is 11.1. The fourth-order valence-corrected chi connectivity index (χ4v) is 5.38. The van der Waals surface area contributed by atoms with Crippen molar-refractivity contribution in [3.8, 4) is 17.6 Å². The number of aliphatic hydroxyl groups is 1.